The zero-order valence-electron chi connectivity index (χ0n) is 15.9. The molecule has 1 atom stereocenters. The van der Waals surface area contributed by atoms with Gasteiger partial charge in [0, 0.05) is 17.4 Å². The van der Waals surface area contributed by atoms with Crippen LogP contribution in [-0.2, 0) is 20.9 Å². The monoisotopic (exact) mass is 379 g/mol. The lowest BCUT2D eigenvalue weighted by Gasteiger charge is -2.27. The third-order valence-corrected chi connectivity index (χ3v) is 5.25. The molecule has 28 heavy (non-hydrogen) atoms. The fourth-order valence-corrected chi connectivity index (χ4v) is 3.34. The molecule has 4 nitrogen and oxygen atoms in total. The first-order valence-corrected chi connectivity index (χ1v) is 9.16. The molecule has 0 unspecified atom stereocenters. The Morgan fingerprint density at radius 3 is 2.43 bits per heavy atom. The van der Waals surface area contributed by atoms with Crippen molar-refractivity contribution in [3.05, 3.63) is 77.6 Å². The van der Waals surface area contributed by atoms with Crippen LogP contribution in [0.3, 0.4) is 0 Å². The molecule has 0 bridgehead atoms. The molecule has 0 aliphatic carbocycles. The van der Waals surface area contributed by atoms with Crippen LogP contribution in [0.2, 0.25) is 0 Å². The first-order chi connectivity index (χ1) is 13.3. The summed E-state index contributed by atoms with van der Waals surface area (Å²) in [6.07, 6.45) is 2.69. The van der Waals surface area contributed by atoms with Crippen LogP contribution in [0.25, 0.3) is 6.08 Å². The molecular formula is C23H22FNO3. The largest absolute Gasteiger partial charge is 0.294 e. The van der Waals surface area contributed by atoms with E-state index in [1.54, 1.807) is 32.0 Å². The van der Waals surface area contributed by atoms with E-state index in [1.807, 2.05) is 30.3 Å². The van der Waals surface area contributed by atoms with Gasteiger partial charge in [0.05, 0.1) is 12.5 Å². The average Bonchev–Trinajstić information content (AvgIpc) is 2.97. The summed E-state index contributed by atoms with van der Waals surface area (Å²) in [6.45, 7) is 3.51. The van der Waals surface area contributed by atoms with Crippen molar-refractivity contribution in [3.63, 3.8) is 0 Å². The van der Waals surface area contributed by atoms with Gasteiger partial charge in [-0.2, -0.15) is 0 Å². The molecular weight excluding hydrogens is 357 g/mol. The van der Waals surface area contributed by atoms with Crippen molar-refractivity contribution >= 4 is 23.7 Å². The van der Waals surface area contributed by atoms with Crippen molar-refractivity contribution < 1.29 is 18.8 Å². The number of amides is 2. The molecule has 0 radical (unpaired) electrons. The lowest BCUT2D eigenvalue weighted by atomic mass is 9.74. The van der Waals surface area contributed by atoms with Gasteiger partial charge in [0.25, 0.3) is 0 Å². The average molecular weight is 379 g/mol. The molecule has 1 heterocycles. The van der Waals surface area contributed by atoms with Gasteiger partial charge in [0.15, 0.2) is 5.78 Å². The highest BCUT2D eigenvalue weighted by Crippen LogP contribution is 2.38. The fraction of sp³-hybridized carbons (Fsp3) is 0.261. The van der Waals surface area contributed by atoms with E-state index in [0.717, 1.165) is 5.56 Å². The maximum absolute atomic E-state index is 13.7. The van der Waals surface area contributed by atoms with Crippen LogP contribution in [0.5, 0.6) is 0 Å². The molecule has 0 N–H and O–H groups in total. The molecule has 1 aliphatic rings. The van der Waals surface area contributed by atoms with Gasteiger partial charge in [0.2, 0.25) is 11.8 Å². The number of carbonyl (C=O) groups is 3. The molecule has 0 spiro atoms. The lowest BCUT2D eigenvalue weighted by Crippen LogP contribution is -2.38. The summed E-state index contributed by atoms with van der Waals surface area (Å²) in [7, 11) is 0. The Kier molecular flexibility index (Phi) is 5.54. The standard InChI is InChI=1S/C23H22FNO3/c1-23(2,20(26)13-12-17-10-6-7-11-19(17)24)18-14-21(27)25(22(18)28)15-16-8-4-3-5-9-16/h3-13,18H,14-15H2,1-2H3/b13-12+/t18-/m0/s1. The number of benzene rings is 2. The Balaban J connectivity index is 1.76. The number of rotatable bonds is 6. The summed E-state index contributed by atoms with van der Waals surface area (Å²) in [5.41, 5.74) is 0.0829. The van der Waals surface area contributed by atoms with Crippen LogP contribution in [0, 0.1) is 17.2 Å². The third kappa shape index (κ3) is 3.93. The minimum absolute atomic E-state index is 0.00204. The van der Waals surface area contributed by atoms with Crippen molar-refractivity contribution in [2.45, 2.75) is 26.8 Å². The van der Waals surface area contributed by atoms with Crippen LogP contribution in [0.4, 0.5) is 4.39 Å². The first kappa shape index (κ1) is 19.7. The highest BCUT2D eigenvalue weighted by atomic mass is 19.1. The van der Waals surface area contributed by atoms with Gasteiger partial charge in [-0.25, -0.2) is 4.39 Å². The second-order valence-electron chi connectivity index (χ2n) is 7.50. The van der Waals surface area contributed by atoms with E-state index < -0.39 is 17.2 Å². The summed E-state index contributed by atoms with van der Waals surface area (Å²) < 4.78 is 13.7. The van der Waals surface area contributed by atoms with Crippen molar-refractivity contribution in [1.29, 1.82) is 0 Å². The lowest BCUT2D eigenvalue weighted by molar-refractivity contribution is -0.143. The molecule has 1 saturated heterocycles. The van der Waals surface area contributed by atoms with E-state index in [2.05, 4.69) is 0 Å². The SMILES string of the molecule is CC(C)(C(=O)/C=C/c1ccccc1F)[C@H]1CC(=O)N(Cc2ccccc2)C1=O. The Morgan fingerprint density at radius 1 is 1.11 bits per heavy atom. The molecule has 1 fully saturated rings. The summed E-state index contributed by atoms with van der Waals surface area (Å²) in [5.74, 6) is -2.10. The summed E-state index contributed by atoms with van der Waals surface area (Å²) in [4.78, 5) is 39.3. The van der Waals surface area contributed by atoms with Crippen LogP contribution in [0.15, 0.2) is 60.7 Å². The van der Waals surface area contributed by atoms with E-state index in [1.165, 1.54) is 23.1 Å². The summed E-state index contributed by atoms with van der Waals surface area (Å²) in [6, 6.07) is 15.4. The second-order valence-corrected chi connectivity index (χ2v) is 7.50. The fourth-order valence-electron chi connectivity index (χ4n) is 3.34. The van der Waals surface area contributed by atoms with E-state index >= 15 is 0 Å². The summed E-state index contributed by atoms with van der Waals surface area (Å²) >= 11 is 0. The van der Waals surface area contributed by atoms with Crippen molar-refractivity contribution in [2.75, 3.05) is 0 Å². The highest BCUT2D eigenvalue weighted by Gasteiger charge is 2.49. The number of halogens is 1. The Labute approximate surface area is 163 Å². The number of likely N-dealkylation sites (tertiary alicyclic amines) is 1. The highest BCUT2D eigenvalue weighted by molar-refractivity contribution is 6.08. The van der Waals surface area contributed by atoms with Crippen LogP contribution in [0.1, 0.15) is 31.4 Å². The predicted molar refractivity (Wildman–Crippen MR) is 104 cm³/mol. The quantitative estimate of drug-likeness (QED) is 0.563. The first-order valence-electron chi connectivity index (χ1n) is 9.16. The van der Waals surface area contributed by atoms with Crippen molar-refractivity contribution in [1.82, 2.24) is 4.90 Å². The van der Waals surface area contributed by atoms with Gasteiger partial charge < -0.3 is 0 Å². The maximum Gasteiger partial charge on any atom is 0.234 e. The Bertz CT molecular complexity index is 934. The predicted octanol–water partition coefficient (Wildman–Crippen LogP) is 4.01. The second kappa shape index (κ2) is 7.89. The third-order valence-electron chi connectivity index (χ3n) is 5.25. The molecule has 2 aromatic carbocycles. The maximum atomic E-state index is 13.7. The van der Waals surface area contributed by atoms with E-state index in [-0.39, 0.29) is 30.6 Å². The number of hydrogen-bond donors (Lipinski definition) is 0. The van der Waals surface area contributed by atoms with Crippen LogP contribution < -0.4 is 0 Å². The number of hydrogen-bond acceptors (Lipinski definition) is 3. The van der Waals surface area contributed by atoms with E-state index in [4.69, 9.17) is 0 Å². The number of ketones is 1. The van der Waals surface area contributed by atoms with Gasteiger partial charge in [0.1, 0.15) is 5.82 Å². The van der Waals surface area contributed by atoms with E-state index in [9.17, 15) is 18.8 Å². The van der Waals surface area contributed by atoms with Crippen LogP contribution in [-0.4, -0.2) is 22.5 Å². The Hall–Kier alpha value is -3.08. The molecule has 1 aliphatic heterocycles. The normalized spacial score (nSPS) is 17.5. The number of imide groups is 1. The molecule has 2 aromatic rings. The van der Waals surface area contributed by atoms with Gasteiger partial charge in [-0.05, 0) is 23.8 Å². The number of carbonyl (C=O) groups excluding carboxylic acids is 3. The van der Waals surface area contributed by atoms with E-state index in [0.29, 0.717) is 5.56 Å². The Morgan fingerprint density at radius 2 is 1.75 bits per heavy atom. The molecule has 5 heteroatoms. The number of allylic oxidation sites excluding steroid dienone is 1. The molecule has 0 saturated carbocycles. The topological polar surface area (TPSA) is 54.5 Å². The van der Waals surface area contributed by atoms with Gasteiger partial charge >= 0.3 is 0 Å². The number of nitrogens with zero attached hydrogens (tertiary/aromatic N) is 1. The molecule has 144 valence electrons. The van der Waals surface area contributed by atoms with Crippen molar-refractivity contribution in [3.8, 4) is 0 Å². The minimum Gasteiger partial charge on any atom is -0.294 e. The summed E-state index contributed by atoms with van der Waals surface area (Å²) in [5, 5.41) is 0. The smallest absolute Gasteiger partial charge is 0.234 e. The molecule has 2 amide bonds. The molecule has 3 rings (SSSR count). The molecule has 0 aromatic heterocycles. The zero-order chi connectivity index (χ0) is 20.3. The van der Waals surface area contributed by atoms with Crippen molar-refractivity contribution in [2.24, 2.45) is 11.3 Å². The van der Waals surface area contributed by atoms with Gasteiger partial charge in [-0.15, -0.1) is 0 Å². The zero-order valence-corrected chi connectivity index (χ0v) is 15.9. The van der Waals surface area contributed by atoms with Crippen LogP contribution >= 0.6 is 0 Å². The minimum atomic E-state index is -1.07. The van der Waals surface area contributed by atoms with Gasteiger partial charge in [-0.3, -0.25) is 19.3 Å². The van der Waals surface area contributed by atoms with Gasteiger partial charge in [-0.1, -0.05) is 62.4 Å².